The van der Waals surface area contributed by atoms with Gasteiger partial charge in [0.15, 0.2) is 0 Å². The van der Waals surface area contributed by atoms with Gasteiger partial charge in [-0.1, -0.05) is 24.3 Å². The molecular weight excluding hydrogens is 230 g/mol. The Bertz CT molecular complexity index is 494. The van der Waals surface area contributed by atoms with Crippen molar-refractivity contribution < 1.29 is 14.7 Å². The Labute approximate surface area is 105 Å². The summed E-state index contributed by atoms with van der Waals surface area (Å²) in [6.07, 6.45) is 4.87. The van der Waals surface area contributed by atoms with Crippen LogP contribution in [0.1, 0.15) is 30.0 Å². The van der Waals surface area contributed by atoms with Gasteiger partial charge in [-0.2, -0.15) is 0 Å². The number of hydrogen-bond donors (Lipinski definition) is 2. The summed E-state index contributed by atoms with van der Waals surface area (Å²) < 4.78 is 0. The fourth-order valence-corrected chi connectivity index (χ4v) is 2.27. The first kappa shape index (κ1) is 12.4. The molecule has 2 rings (SSSR count). The van der Waals surface area contributed by atoms with Crippen molar-refractivity contribution in [3.05, 3.63) is 47.5 Å². The second-order valence-corrected chi connectivity index (χ2v) is 4.32. The monoisotopic (exact) mass is 245 g/mol. The molecule has 0 saturated carbocycles. The second-order valence-electron chi connectivity index (χ2n) is 4.32. The molecule has 0 heterocycles. The van der Waals surface area contributed by atoms with Gasteiger partial charge in [0.1, 0.15) is 0 Å². The average molecular weight is 245 g/mol. The van der Waals surface area contributed by atoms with Crippen LogP contribution in [0.4, 0.5) is 0 Å². The van der Waals surface area contributed by atoms with E-state index < -0.39 is 5.97 Å². The minimum absolute atomic E-state index is 0.0131. The topological polar surface area (TPSA) is 66.4 Å². The molecule has 0 fully saturated rings. The van der Waals surface area contributed by atoms with E-state index in [9.17, 15) is 9.59 Å². The Morgan fingerprint density at radius 2 is 2.06 bits per heavy atom. The first-order chi connectivity index (χ1) is 8.66. The summed E-state index contributed by atoms with van der Waals surface area (Å²) >= 11 is 0. The van der Waals surface area contributed by atoms with Gasteiger partial charge in [-0.3, -0.25) is 4.79 Å². The third-order valence-corrected chi connectivity index (χ3v) is 3.06. The highest BCUT2D eigenvalue weighted by Crippen LogP contribution is 2.29. The molecule has 1 aromatic carbocycles. The van der Waals surface area contributed by atoms with E-state index in [1.54, 1.807) is 0 Å². The molecule has 94 valence electrons. The summed E-state index contributed by atoms with van der Waals surface area (Å²) in [6.45, 7) is 0. The highest BCUT2D eigenvalue weighted by Gasteiger charge is 2.20. The van der Waals surface area contributed by atoms with Crippen molar-refractivity contribution in [1.82, 2.24) is 5.32 Å². The highest BCUT2D eigenvalue weighted by molar-refractivity contribution is 5.94. The van der Waals surface area contributed by atoms with Gasteiger partial charge >= 0.3 is 5.97 Å². The SMILES string of the molecule is O=C(O)/C=C/C(=O)N[C@@H]1CCCc2ccccc21. The molecule has 1 aromatic rings. The van der Waals surface area contributed by atoms with E-state index in [0.717, 1.165) is 37.0 Å². The van der Waals surface area contributed by atoms with Crippen molar-refractivity contribution >= 4 is 11.9 Å². The number of benzene rings is 1. The smallest absolute Gasteiger partial charge is 0.328 e. The van der Waals surface area contributed by atoms with E-state index in [-0.39, 0.29) is 11.9 Å². The molecule has 1 atom stereocenters. The van der Waals surface area contributed by atoms with E-state index in [4.69, 9.17) is 5.11 Å². The zero-order valence-electron chi connectivity index (χ0n) is 9.93. The molecule has 18 heavy (non-hydrogen) atoms. The van der Waals surface area contributed by atoms with Crippen molar-refractivity contribution in [2.24, 2.45) is 0 Å². The summed E-state index contributed by atoms with van der Waals surface area (Å²) in [5, 5.41) is 11.3. The zero-order valence-corrected chi connectivity index (χ0v) is 9.93. The largest absolute Gasteiger partial charge is 0.478 e. The number of aliphatic carboxylic acids is 1. The van der Waals surface area contributed by atoms with Crippen LogP contribution >= 0.6 is 0 Å². The Hall–Kier alpha value is -2.10. The number of fused-ring (bicyclic) bond motifs is 1. The van der Waals surface area contributed by atoms with Crippen LogP contribution in [-0.2, 0) is 16.0 Å². The molecule has 1 amide bonds. The Morgan fingerprint density at radius 3 is 2.83 bits per heavy atom. The molecule has 0 bridgehead atoms. The summed E-state index contributed by atoms with van der Waals surface area (Å²) in [5.74, 6) is -1.48. The lowest BCUT2D eigenvalue weighted by molar-refractivity contribution is -0.131. The maximum atomic E-state index is 11.6. The molecule has 0 saturated heterocycles. The minimum Gasteiger partial charge on any atom is -0.478 e. The van der Waals surface area contributed by atoms with Gasteiger partial charge in [-0.15, -0.1) is 0 Å². The molecule has 0 aliphatic heterocycles. The van der Waals surface area contributed by atoms with Gasteiger partial charge in [0.05, 0.1) is 6.04 Å². The molecule has 1 aliphatic rings. The Kier molecular flexibility index (Phi) is 3.77. The van der Waals surface area contributed by atoms with Crippen molar-refractivity contribution in [1.29, 1.82) is 0 Å². The Balaban J connectivity index is 2.07. The number of carbonyl (C=O) groups excluding carboxylic acids is 1. The highest BCUT2D eigenvalue weighted by atomic mass is 16.4. The number of carboxylic acid groups (broad SMARTS) is 1. The van der Waals surface area contributed by atoms with E-state index in [1.165, 1.54) is 5.56 Å². The average Bonchev–Trinajstić information content (AvgIpc) is 2.37. The predicted molar refractivity (Wildman–Crippen MR) is 67.0 cm³/mol. The van der Waals surface area contributed by atoms with Gasteiger partial charge in [0, 0.05) is 12.2 Å². The number of amides is 1. The summed E-state index contributed by atoms with van der Waals surface area (Å²) in [5.41, 5.74) is 2.40. The lowest BCUT2D eigenvalue weighted by Crippen LogP contribution is -2.29. The van der Waals surface area contributed by atoms with Crippen molar-refractivity contribution in [2.75, 3.05) is 0 Å². The third kappa shape index (κ3) is 2.97. The van der Waals surface area contributed by atoms with Crippen LogP contribution in [0, 0.1) is 0 Å². The molecule has 2 N–H and O–H groups in total. The quantitative estimate of drug-likeness (QED) is 0.798. The predicted octanol–water partition coefficient (Wildman–Crippen LogP) is 1.82. The van der Waals surface area contributed by atoms with Gasteiger partial charge in [0.2, 0.25) is 5.91 Å². The van der Waals surface area contributed by atoms with Gasteiger partial charge < -0.3 is 10.4 Å². The van der Waals surface area contributed by atoms with E-state index in [2.05, 4.69) is 11.4 Å². The first-order valence-corrected chi connectivity index (χ1v) is 5.96. The lowest BCUT2D eigenvalue weighted by Gasteiger charge is -2.25. The number of nitrogens with one attached hydrogen (secondary N) is 1. The number of aryl methyl sites for hydroxylation is 1. The van der Waals surface area contributed by atoms with Crippen molar-refractivity contribution in [3.8, 4) is 0 Å². The van der Waals surface area contributed by atoms with E-state index >= 15 is 0 Å². The molecule has 0 radical (unpaired) electrons. The number of hydrogen-bond acceptors (Lipinski definition) is 2. The first-order valence-electron chi connectivity index (χ1n) is 5.96. The van der Waals surface area contributed by atoms with Crippen LogP contribution in [0.2, 0.25) is 0 Å². The number of carbonyl (C=O) groups is 2. The molecule has 0 spiro atoms. The van der Waals surface area contributed by atoms with Gasteiger partial charge in [-0.25, -0.2) is 4.79 Å². The molecule has 0 aromatic heterocycles. The van der Waals surface area contributed by atoms with E-state index in [1.807, 2.05) is 18.2 Å². The third-order valence-electron chi connectivity index (χ3n) is 3.06. The van der Waals surface area contributed by atoms with Crippen LogP contribution in [0.15, 0.2) is 36.4 Å². The molecule has 4 nitrogen and oxygen atoms in total. The van der Waals surface area contributed by atoms with Gasteiger partial charge in [-0.05, 0) is 30.4 Å². The maximum Gasteiger partial charge on any atom is 0.328 e. The van der Waals surface area contributed by atoms with Crippen molar-refractivity contribution in [2.45, 2.75) is 25.3 Å². The molecule has 4 heteroatoms. The van der Waals surface area contributed by atoms with Gasteiger partial charge in [0.25, 0.3) is 0 Å². The zero-order chi connectivity index (χ0) is 13.0. The van der Waals surface area contributed by atoms with Crippen LogP contribution in [0.3, 0.4) is 0 Å². The fourth-order valence-electron chi connectivity index (χ4n) is 2.27. The molecular formula is C14H15NO3. The Morgan fingerprint density at radius 1 is 1.28 bits per heavy atom. The number of carboxylic acids is 1. The van der Waals surface area contributed by atoms with Crippen molar-refractivity contribution in [3.63, 3.8) is 0 Å². The van der Waals surface area contributed by atoms with Crippen LogP contribution in [-0.4, -0.2) is 17.0 Å². The van der Waals surface area contributed by atoms with Crippen LogP contribution in [0.5, 0.6) is 0 Å². The standard InChI is InChI=1S/C14H15NO3/c16-13(8-9-14(17)18)15-12-7-3-5-10-4-1-2-6-11(10)12/h1-2,4,6,8-9,12H,3,5,7H2,(H,15,16)(H,17,18)/b9-8+/t12-/m1/s1. The molecule has 1 aliphatic carbocycles. The fraction of sp³-hybridized carbons (Fsp3) is 0.286. The van der Waals surface area contributed by atoms with E-state index in [0.29, 0.717) is 0 Å². The normalized spacial score (nSPS) is 18.3. The lowest BCUT2D eigenvalue weighted by atomic mass is 9.88. The minimum atomic E-state index is -1.12. The molecule has 0 unspecified atom stereocenters. The summed E-state index contributed by atoms with van der Waals surface area (Å²) in [4.78, 5) is 21.9. The second kappa shape index (κ2) is 5.49. The summed E-state index contributed by atoms with van der Waals surface area (Å²) in [7, 11) is 0. The van der Waals surface area contributed by atoms with Crippen LogP contribution < -0.4 is 5.32 Å². The number of rotatable bonds is 3. The van der Waals surface area contributed by atoms with Crippen LogP contribution in [0.25, 0.3) is 0 Å². The maximum absolute atomic E-state index is 11.6. The summed E-state index contributed by atoms with van der Waals surface area (Å²) in [6, 6.07) is 8.02.